The number of carbonyl (C=O) groups is 1. The maximum atomic E-state index is 12.5. The smallest absolute Gasteiger partial charge is 0.190 e. The molecule has 0 fully saturated rings. The summed E-state index contributed by atoms with van der Waals surface area (Å²) in [5.41, 5.74) is 2.57. The Kier molecular flexibility index (Phi) is 4.60. The van der Waals surface area contributed by atoms with Crippen LogP contribution in [0.25, 0.3) is 0 Å². The molecule has 2 rings (SSSR count). The number of carbonyl (C=O) groups excluding carboxylic acids is 1. The average molecular weight is 263 g/mol. The number of hydrogen-bond acceptors (Lipinski definition) is 1. The zero-order valence-electron chi connectivity index (χ0n) is 10.8. The van der Waals surface area contributed by atoms with Crippen molar-refractivity contribution in [2.24, 2.45) is 0 Å². The van der Waals surface area contributed by atoms with Gasteiger partial charge in [-0.25, -0.2) is 0 Å². The molecule has 0 saturated carbocycles. The molecule has 1 aromatic rings. The summed E-state index contributed by atoms with van der Waals surface area (Å²) in [6.45, 7) is 1.94. The molecule has 0 atom stereocenters. The summed E-state index contributed by atoms with van der Waals surface area (Å²) in [7, 11) is 0. The Morgan fingerprint density at radius 1 is 1.17 bits per heavy atom. The van der Waals surface area contributed by atoms with Gasteiger partial charge in [-0.1, -0.05) is 42.7 Å². The molecule has 0 aromatic heterocycles. The van der Waals surface area contributed by atoms with E-state index >= 15 is 0 Å². The van der Waals surface area contributed by atoms with E-state index in [-0.39, 0.29) is 5.78 Å². The molecule has 0 heterocycles. The van der Waals surface area contributed by atoms with Crippen LogP contribution in [-0.4, -0.2) is 5.78 Å². The molecule has 2 heteroatoms. The minimum absolute atomic E-state index is 0.116. The van der Waals surface area contributed by atoms with Crippen LogP contribution in [0, 0.1) is 6.92 Å². The number of halogens is 1. The first-order chi connectivity index (χ1) is 8.70. The van der Waals surface area contributed by atoms with Crippen LogP contribution in [-0.2, 0) is 0 Å². The summed E-state index contributed by atoms with van der Waals surface area (Å²) in [4.78, 5) is 12.5. The molecule has 0 amide bonds. The topological polar surface area (TPSA) is 17.1 Å². The van der Waals surface area contributed by atoms with Crippen LogP contribution in [0.3, 0.4) is 0 Å². The highest BCUT2D eigenvalue weighted by Gasteiger charge is 2.16. The highest BCUT2D eigenvalue weighted by Crippen LogP contribution is 2.26. The van der Waals surface area contributed by atoms with E-state index in [0.717, 1.165) is 30.4 Å². The lowest BCUT2D eigenvalue weighted by Crippen LogP contribution is -2.06. The number of rotatable bonds is 2. The predicted molar refractivity (Wildman–Crippen MR) is 76.3 cm³/mol. The molecule has 1 aliphatic carbocycles. The summed E-state index contributed by atoms with van der Waals surface area (Å²) in [5.74, 6) is 0.116. The summed E-state index contributed by atoms with van der Waals surface area (Å²) < 4.78 is 0. The maximum Gasteiger partial charge on any atom is 0.190 e. The summed E-state index contributed by atoms with van der Waals surface area (Å²) in [6.07, 6.45) is 8.84. The Labute approximate surface area is 114 Å². The molecule has 0 radical (unpaired) electrons. The van der Waals surface area contributed by atoms with Gasteiger partial charge in [0.15, 0.2) is 5.78 Å². The Morgan fingerprint density at radius 3 is 2.78 bits per heavy atom. The van der Waals surface area contributed by atoms with E-state index in [2.05, 4.69) is 6.08 Å². The fourth-order valence-corrected chi connectivity index (χ4v) is 2.61. The lowest BCUT2D eigenvalue weighted by Gasteiger charge is -2.12. The molecule has 0 aliphatic heterocycles. The van der Waals surface area contributed by atoms with Crippen LogP contribution in [0.4, 0.5) is 0 Å². The van der Waals surface area contributed by atoms with Crippen molar-refractivity contribution in [2.75, 3.05) is 0 Å². The number of Topliss-reactive ketones (excluding diaryl/α,β-unsaturated/α-hetero) is 1. The van der Waals surface area contributed by atoms with Gasteiger partial charge >= 0.3 is 0 Å². The molecular formula is C16H19ClO. The number of hydrogen-bond donors (Lipinski definition) is 0. The highest BCUT2D eigenvalue weighted by atomic mass is 35.5. The summed E-state index contributed by atoms with van der Waals surface area (Å²) in [6, 6.07) is 5.67. The summed E-state index contributed by atoms with van der Waals surface area (Å²) in [5, 5.41) is 0.602. The minimum Gasteiger partial charge on any atom is -0.289 e. The quantitative estimate of drug-likeness (QED) is 0.677. The van der Waals surface area contributed by atoms with Crippen LogP contribution in [0.5, 0.6) is 0 Å². The molecule has 0 N–H and O–H groups in total. The Bertz CT molecular complexity index is 474. The lowest BCUT2D eigenvalue weighted by atomic mass is 9.93. The number of ketones is 1. The third-order valence-electron chi connectivity index (χ3n) is 3.52. The van der Waals surface area contributed by atoms with Crippen molar-refractivity contribution in [3.8, 4) is 0 Å². The second-order valence-electron chi connectivity index (χ2n) is 4.95. The molecule has 96 valence electrons. The lowest BCUT2D eigenvalue weighted by molar-refractivity contribution is 0.102. The first-order valence-corrected chi connectivity index (χ1v) is 7.07. The number of aryl methyl sites for hydroxylation is 1. The van der Waals surface area contributed by atoms with Crippen molar-refractivity contribution in [1.29, 1.82) is 0 Å². The molecule has 0 bridgehead atoms. The van der Waals surface area contributed by atoms with Gasteiger partial charge in [0.25, 0.3) is 0 Å². The predicted octanol–water partition coefficient (Wildman–Crippen LogP) is 5.11. The molecule has 18 heavy (non-hydrogen) atoms. The molecule has 0 saturated heterocycles. The Balaban J connectivity index is 2.26. The Morgan fingerprint density at radius 2 is 1.94 bits per heavy atom. The van der Waals surface area contributed by atoms with Crippen molar-refractivity contribution < 1.29 is 4.79 Å². The maximum absolute atomic E-state index is 12.5. The van der Waals surface area contributed by atoms with Crippen molar-refractivity contribution >= 4 is 17.4 Å². The van der Waals surface area contributed by atoms with E-state index in [0.29, 0.717) is 10.6 Å². The second-order valence-corrected chi connectivity index (χ2v) is 5.33. The number of benzene rings is 1. The van der Waals surface area contributed by atoms with Gasteiger partial charge in [-0.15, -0.1) is 0 Å². The van der Waals surface area contributed by atoms with Crippen molar-refractivity contribution in [1.82, 2.24) is 0 Å². The SMILES string of the molecule is Cc1cccc(C(=O)/C2=C/CCCCCC2)c1Cl. The average Bonchev–Trinajstić information content (AvgIpc) is 2.31. The fraction of sp³-hybridized carbons (Fsp3) is 0.438. The van der Waals surface area contributed by atoms with Gasteiger partial charge in [0.1, 0.15) is 0 Å². The normalized spacial score (nSPS) is 19.6. The van der Waals surface area contributed by atoms with Crippen LogP contribution < -0.4 is 0 Å². The zero-order chi connectivity index (χ0) is 13.0. The van der Waals surface area contributed by atoms with Crippen molar-refractivity contribution in [2.45, 2.75) is 45.4 Å². The van der Waals surface area contributed by atoms with E-state index in [4.69, 9.17) is 11.6 Å². The van der Waals surface area contributed by atoms with E-state index < -0.39 is 0 Å². The van der Waals surface area contributed by atoms with Gasteiger partial charge in [0.2, 0.25) is 0 Å². The van der Waals surface area contributed by atoms with E-state index in [9.17, 15) is 4.79 Å². The number of allylic oxidation sites excluding steroid dienone is 2. The third-order valence-corrected chi connectivity index (χ3v) is 4.02. The van der Waals surface area contributed by atoms with Crippen molar-refractivity contribution in [3.63, 3.8) is 0 Å². The minimum atomic E-state index is 0.116. The molecular weight excluding hydrogens is 244 g/mol. The third kappa shape index (κ3) is 3.02. The zero-order valence-corrected chi connectivity index (χ0v) is 11.6. The van der Waals surface area contributed by atoms with Gasteiger partial charge in [0.05, 0.1) is 5.02 Å². The van der Waals surface area contributed by atoms with Crippen LogP contribution in [0.2, 0.25) is 5.02 Å². The van der Waals surface area contributed by atoms with Crippen molar-refractivity contribution in [3.05, 3.63) is 46.0 Å². The Hall–Kier alpha value is -1.08. The molecule has 0 unspecified atom stereocenters. The van der Waals surface area contributed by atoms with Gasteiger partial charge in [-0.3, -0.25) is 4.79 Å². The summed E-state index contributed by atoms with van der Waals surface area (Å²) >= 11 is 6.23. The molecule has 1 nitrogen and oxygen atoms in total. The monoisotopic (exact) mass is 262 g/mol. The molecule has 1 aliphatic rings. The fourth-order valence-electron chi connectivity index (χ4n) is 2.39. The van der Waals surface area contributed by atoms with E-state index in [1.54, 1.807) is 0 Å². The highest BCUT2D eigenvalue weighted by molar-refractivity contribution is 6.35. The van der Waals surface area contributed by atoms with Crippen LogP contribution in [0.15, 0.2) is 29.8 Å². The van der Waals surface area contributed by atoms with Gasteiger partial charge in [-0.2, -0.15) is 0 Å². The largest absolute Gasteiger partial charge is 0.289 e. The first kappa shape index (κ1) is 13.4. The standard InChI is InChI=1S/C16H19ClO/c1-12-8-7-11-14(15(12)17)16(18)13-9-5-3-2-4-6-10-13/h7-9,11H,2-6,10H2,1H3/b13-9+. The van der Waals surface area contributed by atoms with E-state index in [1.807, 2.05) is 25.1 Å². The van der Waals surface area contributed by atoms with Crippen LogP contribution in [0.1, 0.15) is 54.4 Å². The van der Waals surface area contributed by atoms with Gasteiger partial charge in [0, 0.05) is 5.56 Å². The van der Waals surface area contributed by atoms with Crippen LogP contribution >= 0.6 is 11.6 Å². The first-order valence-electron chi connectivity index (χ1n) is 6.69. The van der Waals surface area contributed by atoms with Gasteiger partial charge < -0.3 is 0 Å². The molecule has 1 aromatic carbocycles. The van der Waals surface area contributed by atoms with E-state index in [1.165, 1.54) is 19.3 Å². The van der Waals surface area contributed by atoms with Gasteiger partial charge in [-0.05, 0) is 49.8 Å². The molecule has 0 spiro atoms. The second kappa shape index (κ2) is 6.19.